The molecule has 0 N–H and O–H groups in total. The maximum atomic E-state index is 5.48. The first-order valence-corrected chi connectivity index (χ1v) is 5.78. The molecule has 1 nitrogen and oxygen atoms in total. The Labute approximate surface area is 98.5 Å². The van der Waals surface area contributed by atoms with E-state index in [1.807, 2.05) is 13.0 Å². The van der Waals surface area contributed by atoms with Crippen LogP contribution in [0.4, 0.5) is 0 Å². The molecule has 0 spiro atoms. The van der Waals surface area contributed by atoms with Gasteiger partial charge in [-0.25, -0.2) is 0 Å². The van der Waals surface area contributed by atoms with Crippen LogP contribution in [0.5, 0.6) is 0 Å². The van der Waals surface area contributed by atoms with Crippen molar-refractivity contribution in [2.24, 2.45) is 0 Å². The number of rotatable bonds is 7. The molecule has 0 aliphatic heterocycles. The van der Waals surface area contributed by atoms with Crippen molar-refractivity contribution in [3.63, 3.8) is 0 Å². The fourth-order valence-corrected chi connectivity index (χ4v) is 1.64. The van der Waals surface area contributed by atoms with Gasteiger partial charge in [-0.3, -0.25) is 0 Å². The lowest BCUT2D eigenvalue weighted by Crippen LogP contribution is -2.09. The Balaban J connectivity index is 2.40. The van der Waals surface area contributed by atoms with Crippen LogP contribution in [0.2, 0.25) is 0 Å². The largest absolute Gasteiger partial charge is 0.498 e. The molecule has 0 bridgehead atoms. The lowest BCUT2D eigenvalue weighted by Gasteiger charge is -2.14. The maximum Gasteiger partial charge on any atom is 0.102 e. The van der Waals surface area contributed by atoms with Crippen molar-refractivity contribution in [1.82, 2.24) is 0 Å². The van der Waals surface area contributed by atoms with Crippen LogP contribution in [0.1, 0.15) is 25.3 Å². The monoisotopic (exact) mass is 216 g/mol. The molecule has 1 aromatic carbocycles. The average Bonchev–Trinajstić information content (AvgIpc) is 2.34. The molecule has 0 heterocycles. The summed E-state index contributed by atoms with van der Waals surface area (Å²) in [5.74, 6) is 0. The average molecular weight is 216 g/mol. The molecule has 0 aliphatic rings. The van der Waals surface area contributed by atoms with Gasteiger partial charge in [-0.2, -0.15) is 0 Å². The normalized spacial score (nSPS) is 12.6. The smallest absolute Gasteiger partial charge is 0.102 e. The van der Waals surface area contributed by atoms with Gasteiger partial charge in [0.25, 0.3) is 0 Å². The zero-order chi connectivity index (χ0) is 11.6. The minimum absolute atomic E-state index is 0.244. The summed E-state index contributed by atoms with van der Waals surface area (Å²) in [6.45, 7) is 5.65. The summed E-state index contributed by atoms with van der Waals surface area (Å²) in [4.78, 5) is 0. The molecule has 0 aliphatic carbocycles. The minimum atomic E-state index is 0.244. The molecule has 0 fully saturated rings. The van der Waals surface area contributed by atoms with Crippen LogP contribution in [-0.4, -0.2) is 6.10 Å². The van der Waals surface area contributed by atoms with Gasteiger partial charge in [-0.05, 0) is 25.3 Å². The highest BCUT2D eigenvalue weighted by Gasteiger charge is 2.06. The van der Waals surface area contributed by atoms with Crippen LogP contribution in [0.15, 0.2) is 55.3 Å². The third-order valence-corrected chi connectivity index (χ3v) is 2.52. The first-order chi connectivity index (χ1) is 7.86. The fourth-order valence-electron chi connectivity index (χ4n) is 1.64. The first-order valence-electron chi connectivity index (χ1n) is 5.78. The number of aryl methyl sites for hydroxylation is 1. The van der Waals surface area contributed by atoms with E-state index in [1.54, 1.807) is 6.26 Å². The van der Waals surface area contributed by atoms with Gasteiger partial charge in [-0.1, -0.05) is 49.1 Å². The molecule has 0 unspecified atom stereocenters. The number of benzene rings is 1. The molecule has 1 heteroatoms. The molecule has 0 amide bonds. The van der Waals surface area contributed by atoms with Gasteiger partial charge in [0.1, 0.15) is 6.10 Å². The highest BCUT2D eigenvalue weighted by atomic mass is 16.5. The first kappa shape index (κ1) is 12.6. The lowest BCUT2D eigenvalue weighted by atomic mass is 10.0. The molecule has 16 heavy (non-hydrogen) atoms. The zero-order valence-electron chi connectivity index (χ0n) is 9.93. The van der Waals surface area contributed by atoms with Crippen molar-refractivity contribution in [1.29, 1.82) is 0 Å². The Bertz CT molecular complexity index is 313. The number of hydrogen-bond acceptors (Lipinski definition) is 1. The van der Waals surface area contributed by atoms with E-state index in [-0.39, 0.29) is 6.10 Å². The van der Waals surface area contributed by atoms with Gasteiger partial charge in [0.2, 0.25) is 0 Å². The van der Waals surface area contributed by atoms with Gasteiger partial charge in [0.15, 0.2) is 0 Å². The van der Waals surface area contributed by atoms with Crippen LogP contribution in [0.25, 0.3) is 0 Å². The summed E-state index contributed by atoms with van der Waals surface area (Å²) in [6.07, 6.45) is 9.02. The molecular weight excluding hydrogens is 196 g/mol. The quantitative estimate of drug-likeness (QED) is 0.492. The van der Waals surface area contributed by atoms with Gasteiger partial charge in [0.05, 0.1) is 6.26 Å². The van der Waals surface area contributed by atoms with E-state index in [0.29, 0.717) is 0 Å². The fraction of sp³-hybridized carbons (Fsp3) is 0.333. The summed E-state index contributed by atoms with van der Waals surface area (Å²) in [7, 11) is 0. The molecule has 1 atom stereocenters. The Hall–Kier alpha value is -1.50. The summed E-state index contributed by atoms with van der Waals surface area (Å²) in [5, 5.41) is 0. The predicted molar refractivity (Wildman–Crippen MR) is 69.3 cm³/mol. The van der Waals surface area contributed by atoms with E-state index >= 15 is 0 Å². The van der Waals surface area contributed by atoms with E-state index in [0.717, 1.165) is 19.3 Å². The number of allylic oxidation sites excluding steroid dienone is 1. The molecule has 0 saturated heterocycles. The van der Waals surface area contributed by atoms with E-state index in [9.17, 15) is 0 Å². The predicted octanol–water partition coefficient (Wildman–Crippen LogP) is 4.11. The maximum absolute atomic E-state index is 5.48. The van der Waals surface area contributed by atoms with Crippen molar-refractivity contribution >= 4 is 0 Å². The molecule has 1 rings (SSSR count). The third-order valence-electron chi connectivity index (χ3n) is 2.52. The Morgan fingerprint density at radius 3 is 2.69 bits per heavy atom. The van der Waals surface area contributed by atoms with E-state index in [2.05, 4.69) is 43.0 Å². The van der Waals surface area contributed by atoms with Crippen molar-refractivity contribution in [3.05, 3.63) is 60.9 Å². The van der Waals surface area contributed by atoms with Crippen molar-refractivity contribution in [2.45, 2.75) is 32.3 Å². The summed E-state index contributed by atoms with van der Waals surface area (Å²) in [6, 6.07) is 10.5. The molecule has 86 valence electrons. The Kier molecular flexibility index (Phi) is 6.09. The van der Waals surface area contributed by atoms with Crippen molar-refractivity contribution in [2.75, 3.05) is 0 Å². The summed E-state index contributed by atoms with van der Waals surface area (Å²) in [5.41, 5.74) is 1.36. The molecule has 0 radical (unpaired) electrons. The van der Waals surface area contributed by atoms with Crippen LogP contribution in [0.3, 0.4) is 0 Å². The third kappa shape index (κ3) is 4.83. The van der Waals surface area contributed by atoms with Gasteiger partial charge in [-0.15, -0.1) is 0 Å². The standard InChI is InChI=1S/C15H20O/c1-3-5-11-15(16-4-2)13-12-14-9-7-6-8-10-14/h3-10,15H,2,11-13H2,1H3/b5-3+/t15-/m0/s1. The SMILES string of the molecule is C=CO[C@@H](C/C=C/C)CCc1ccccc1. The molecule has 0 saturated carbocycles. The highest BCUT2D eigenvalue weighted by Crippen LogP contribution is 2.11. The van der Waals surface area contributed by atoms with Gasteiger partial charge >= 0.3 is 0 Å². The van der Waals surface area contributed by atoms with E-state index in [1.165, 1.54) is 5.56 Å². The lowest BCUT2D eigenvalue weighted by molar-refractivity contribution is 0.139. The number of hydrogen-bond donors (Lipinski definition) is 0. The summed E-state index contributed by atoms with van der Waals surface area (Å²) < 4.78 is 5.48. The van der Waals surface area contributed by atoms with Crippen LogP contribution in [-0.2, 0) is 11.2 Å². The Morgan fingerprint density at radius 1 is 1.31 bits per heavy atom. The molecule has 0 aromatic heterocycles. The zero-order valence-corrected chi connectivity index (χ0v) is 9.93. The Morgan fingerprint density at radius 2 is 2.06 bits per heavy atom. The summed E-state index contributed by atoms with van der Waals surface area (Å²) >= 11 is 0. The molecule has 1 aromatic rings. The highest BCUT2D eigenvalue weighted by molar-refractivity contribution is 5.14. The van der Waals surface area contributed by atoms with E-state index in [4.69, 9.17) is 4.74 Å². The van der Waals surface area contributed by atoms with Gasteiger partial charge in [0, 0.05) is 6.42 Å². The second-order valence-corrected chi connectivity index (χ2v) is 3.75. The van der Waals surface area contributed by atoms with Gasteiger partial charge < -0.3 is 4.74 Å². The second-order valence-electron chi connectivity index (χ2n) is 3.75. The minimum Gasteiger partial charge on any atom is -0.498 e. The second kappa shape index (κ2) is 7.75. The van der Waals surface area contributed by atoms with Crippen molar-refractivity contribution < 1.29 is 4.74 Å². The van der Waals surface area contributed by atoms with Crippen LogP contribution in [0, 0.1) is 0 Å². The number of ether oxygens (including phenoxy) is 1. The topological polar surface area (TPSA) is 9.23 Å². The van der Waals surface area contributed by atoms with E-state index < -0.39 is 0 Å². The molecular formula is C15H20O. The van der Waals surface area contributed by atoms with Crippen LogP contribution >= 0.6 is 0 Å². The van der Waals surface area contributed by atoms with Crippen LogP contribution < -0.4 is 0 Å². The van der Waals surface area contributed by atoms with Crippen molar-refractivity contribution in [3.8, 4) is 0 Å².